The van der Waals surface area contributed by atoms with Crippen LogP contribution in [-0.2, 0) is 0 Å². The summed E-state index contributed by atoms with van der Waals surface area (Å²) >= 11 is 0. The molecular formula is C12H18ClNO2. The van der Waals surface area contributed by atoms with Crippen molar-refractivity contribution in [3.05, 3.63) is 29.8 Å². The van der Waals surface area contributed by atoms with E-state index in [1.165, 1.54) is 0 Å². The molecule has 1 aliphatic rings. The van der Waals surface area contributed by atoms with Gasteiger partial charge in [0.15, 0.2) is 0 Å². The maximum atomic E-state index is 9.88. The first-order valence-corrected chi connectivity index (χ1v) is 5.30. The number of aliphatic hydroxyl groups excluding tert-OH is 1. The van der Waals surface area contributed by atoms with Gasteiger partial charge in [-0.15, -0.1) is 12.4 Å². The fraction of sp³-hybridized carbons (Fsp3) is 0.500. The van der Waals surface area contributed by atoms with Gasteiger partial charge in [0.25, 0.3) is 0 Å². The van der Waals surface area contributed by atoms with Crippen molar-refractivity contribution in [1.29, 1.82) is 0 Å². The summed E-state index contributed by atoms with van der Waals surface area (Å²) in [4.78, 5) is 0. The van der Waals surface area contributed by atoms with Crippen LogP contribution in [0.15, 0.2) is 24.3 Å². The van der Waals surface area contributed by atoms with Crippen LogP contribution in [0.3, 0.4) is 0 Å². The molecule has 2 rings (SSSR count). The lowest BCUT2D eigenvalue weighted by atomic mass is 9.99. The van der Waals surface area contributed by atoms with Crippen molar-refractivity contribution < 1.29 is 9.84 Å². The van der Waals surface area contributed by atoms with E-state index in [9.17, 15) is 5.11 Å². The van der Waals surface area contributed by atoms with Gasteiger partial charge < -0.3 is 15.6 Å². The van der Waals surface area contributed by atoms with Crippen molar-refractivity contribution in [1.82, 2.24) is 0 Å². The Labute approximate surface area is 102 Å². The summed E-state index contributed by atoms with van der Waals surface area (Å²) < 4.78 is 5.07. The fourth-order valence-electron chi connectivity index (χ4n) is 1.75. The van der Waals surface area contributed by atoms with Gasteiger partial charge in [-0.2, -0.15) is 0 Å². The van der Waals surface area contributed by atoms with E-state index >= 15 is 0 Å². The zero-order chi connectivity index (χ0) is 10.8. The largest absolute Gasteiger partial charge is 0.497 e. The van der Waals surface area contributed by atoms with Crippen LogP contribution < -0.4 is 10.5 Å². The fourth-order valence-corrected chi connectivity index (χ4v) is 1.75. The monoisotopic (exact) mass is 243 g/mol. The van der Waals surface area contributed by atoms with Crippen LogP contribution in [0.2, 0.25) is 0 Å². The average Bonchev–Trinajstić information content (AvgIpc) is 3.11. The highest BCUT2D eigenvalue weighted by atomic mass is 35.5. The van der Waals surface area contributed by atoms with Crippen LogP contribution in [0.1, 0.15) is 24.4 Å². The predicted octanol–water partition coefficient (Wildman–Crippen LogP) is 1.89. The number of halogens is 1. The molecule has 0 aliphatic heterocycles. The molecule has 0 saturated heterocycles. The lowest BCUT2D eigenvalue weighted by Gasteiger charge is -2.18. The van der Waals surface area contributed by atoms with E-state index in [4.69, 9.17) is 10.5 Å². The molecule has 1 aromatic rings. The van der Waals surface area contributed by atoms with Crippen LogP contribution in [0.25, 0.3) is 0 Å². The van der Waals surface area contributed by atoms with Gasteiger partial charge in [-0.3, -0.25) is 0 Å². The van der Waals surface area contributed by atoms with Crippen LogP contribution in [-0.4, -0.2) is 18.3 Å². The zero-order valence-corrected chi connectivity index (χ0v) is 10.1. The Hall–Kier alpha value is -0.770. The Kier molecular flexibility index (Phi) is 4.59. The summed E-state index contributed by atoms with van der Waals surface area (Å²) in [5.74, 6) is 1.22. The Morgan fingerprint density at radius 2 is 1.88 bits per heavy atom. The second-order valence-electron chi connectivity index (χ2n) is 4.13. The van der Waals surface area contributed by atoms with Crippen LogP contribution in [0.4, 0.5) is 0 Å². The molecule has 0 amide bonds. The molecule has 16 heavy (non-hydrogen) atoms. The van der Waals surface area contributed by atoms with Crippen LogP contribution >= 0.6 is 12.4 Å². The molecule has 90 valence electrons. The molecule has 3 nitrogen and oxygen atoms in total. The van der Waals surface area contributed by atoms with E-state index in [-0.39, 0.29) is 18.4 Å². The third kappa shape index (κ3) is 2.88. The Balaban J connectivity index is 0.00000128. The number of nitrogens with two attached hydrogens (primary N) is 1. The molecule has 3 N–H and O–H groups in total. The second kappa shape index (κ2) is 5.53. The number of rotatable bonds is 4. The standard InChI is InChI=1S/C12H17NO2.ClH/c1-15-10-6-4-8(5-7-10)11(13)12(14)9-2-3-9;/h4-7,9,11-12,14H,2-3,13H2,1H3;1H/t11-,12+;/m0./s1. The Morgan fingerprint density at radius 1 is 1.31 bits per heavy atom. The minimum absolute atomic E-state index is 0. The first-order valence-electron chi connectivity index (χ1n) is 5.30. The summed E-state index contributed by atoms with van der Waals surface area (Å²) in [6.45, 7) is 0. The quantitative estimate of drug-likeness (QED) is 0.849. The van der Waals surface area contributed by atoms with Gasteiger partial charge in [-0.1, -0.05) is 12.1 Å². The van der Waals surface area contributed by atoms with Gasteiger partial charge in [0.05, 0.1) is 19.3 Å². The van der Waals surface area contributed by atoms with Crippen LogP contribution in [0.5, 0.6) is 5.75 Å². The van der Waals surface area contributed by atoms with Crippen molar-refractivity contribution in [3.63, 3.8) is 0 Å². The van der Waals surface area contributed by atoms with E-state index in [1.807, 2.05) is 24.3 Å². The summed E-state index contributed by atoms with van der Waals surface area (Å²) in [5.41, 5.74) is 6.95. The minimum atomic E-state index is -0.404. The molecule has 0 heterocycles. The van der Waals surface area contributed by atoms with E-state index < -0.39 is 6.10 Å². The molecular weight excluding hydrogens is 226 g/mol. The van der Waals surface area contributed by atoms with Gasteiger partial charge in [-0.05, 0) is 36.5 Å². The lowest BCUT2D eigenvalue weighted by molar-refractivity contribution is 0.122. The number of hydrogen-bond donors (Lipinski definition) is 2. The van der Waals surface area contributed by atoms with Crippen molar-refractivity contribution in [2.75, 3.05) is 7.11 Å². The van der Waals surface area contributed by atoms with Gasteiger partial charge >= 0.3 is 0 Å². The highest BCUT2D eigenvalue weighted by molar-refractivity contribution is 5.85. The van der Waals surface area contributed by atoms with E-state index in [1.54, 1.807) is 7.11 Å². The normalized spacial score (nSPS) is 18.4. The third-order valence-corrected chi connectivity index (χ3v) is 2.97. The zero-order valence-electron chi connectivity index (χ0n) is 9.30. The molecule has 1 saturated carbocycles. The topological polar surface area (TPSA) is 55.5 Å². The molecule has 1 aliphatic carbocycles. The SMILES string of the molecule is COc1ccc([C@H](N)[C@H](O)C2CC2)cc1.Cl. The second-order valence-corrected chi connectivity index (χ2v) is 4.13. The van der Waals surface area contributed by atoms with Gasteiger partial charge in [0, 0.05) is 0 Å². The summed E-state index contributed by atoms with van der Waals surface area (Å²) in [6.07, 6.45) is 1.80. The molecule has 0 spiro atoms. The molecule has 0 aromatic heterocycles. The smallest absolute Gasteiger partial charge is 0.118 e. The van der Waals surface area contributed by atoms with Crippen molar-refractivity contribution in [3.8, 4) is 5.75 Å². The van der Waals surface area contributed by atoms with Crippen molar-refractivity contribution >= 4 is 12.4 Å². The Morgan fingerprint density at radius 3 is 2.31 bits per heavy atom. The van der Waals surface area contributed by atoms with E-state index in [0.29, 0.717) is 5.92 Å². The van der Waals surface area contributed by atoms with Gasteiger partial charge in [-0.25, -0.2) is 0 Å². The third-order valence-electron chi connectivity index (χ3n) is 2.97. The highest BCUT2D eigenvalue weighted by Crippen LogP contribution is 2.37. The lowest BCUT2D eigenvalue weighted by Crippen LogP contribution is -2.27. The first-order chi connectivity index (χ1) is 7.22. The maximum Gasteiger partial charge on any atom is 0.118 e. The molecule has 2 atom stereocenters. The number of ether oxygens (including phenoxy) is 1. The number of hydrogen-bond acceptors (Lipinski definition) is 3. The Bertz CT molecular complexity index is 324. The number of aliphatic hydroxyl groups is 1. The maximum absolute atomic E-state index is 9.88. The predicted molar refractivity (Wildman–Crippen MR) is 65.9 cm³/mol. The van der Waals surface area contributed by atoms with Gasteiger partial charge in [0.2, 0.25) is 0 Å². The van der Waals surface area contributed by atoms with Crippen LogP contribution in [0, 0.1) is 5.92 Å². The van der Waals surface area contributed by atoms with Crippen molar-refractivity contribution in [2.24, 2.45) is 11.7 Å². The summed E-state index contributed by atoms with van der Waals surface area (Å²) in [7, 11) is 1.63. The first kappa shape index (κ1) is 13.3. The number of benzene rings is 1. The molecule has 0 unspecified atom stereocenters. The average molecular weight is 244 g/mol. The molecule has 0 bridgehead atoms. The number of methoxy groups -OCH3 is 1. The molecule has 4 heteroatoms. The highest BCUT2D eigenvalue weighted by Gasteiger charge is 2.34. The van der Waals surface area contributed by atoms with Gasteiger partial charge in [0.1, 0.15) is 5.75 Å². The summed E-state index contributed by atoms with van der Waals surface area (Å²) in [6, 6.07) is 7.29. The molecule has 1 fully saturated rings. The van der Waals surface area contributed by atoms with E-state index in [2.05, 4.69) is 0 Å². The molecule has 0 radical (unpaired) electrons. The molecule has 1 aromatic carbocycles. The van der Waals surface area contributed by atoms with E-state index in [0.717, 1.165) is 24.2 Å². The summed E-state index contributed by atoms with van der Waals surface area (Å²) in [5, 5.41) is 9.88. The minimum Gasteiger partial charge on any atom is -0.497 e. The van der Waals surface area contributed by atoms with Crippen molar-refractivity contribution in [2.45, 2.75) is 25.0 Å².